The molecule has 2 heterocycles. The van der Waals surface area contributed by atoms with Crippen LogP contribution in [-0.2, 0) is 6.54 Å². The maximum Gasteiger partial charge on any atom is 0.207 e. The van der Waals surface area contributed by atoms with Crippen LogP contribution in [0, 0.1) is 3.57 Å². The minimum Gasteiger partial charge on any atom is -0.380 e. The van der Waals surface area contributed by atoms with Crippen molar-refractivity contribution >= 4 is 39.3 Å². The van der Waals surface area contributed by atoms with Crippen molar-refractivity contribution in [3.63, 3.8) is 0 Å². The fraction of sp³-hybridized carbons (Fsp3) is 0.188. The van der Waals surface area contributed by atoms with E-state index in [0.717, 1.165) is 20.0 Å². The summed E-state index contributed by atoms with van der Waals surface area (Å²) in [6.45, 7) is 0.532. The average Bonchev–Trinajstić information content (AvgIpc) is 2.76. The summed E-state index contributed by atoms with van der Waals surface area (Å²) in [6, 6.07) is 6.08. The van der Waals surface area contributed by atoms with Crippen molar-refractivity contribution in [1.29, 1.82) is 0 Å². The van der Waals surface area contributed by atoms with Crippen LogP contribution in [0.2, 0.25) is 0 Å². The predicted octanol–water partition coefficient (Wildman–Crippen LogP) is 3.96. The Morgan fingerprint density at radius 2 is 2.10 bits per heavy atom. The molecule has 1 aliphatic carbocycles. The molecule has 1 aromatic heterocycles. The number of Topliss-reactive ketones (excluding diaryl/α,β-unsaturated/α-hetero) is 1. The second-order valence-electron chi connectivity index (χ2n) is 5.33. The van der Waals surface area contributed by atoms with Gasteiger partial charge in [-0.2, -0.15) is 0 Å². The van der Waals surface area contributed by atoms with Crippen LogP contribution >= 0.6 is 22.6 Å². The van der Waals surface area contributed by atoms with Gasteiger partial charge in [-0.25, -0.2) is 4.39 Å². The van der Waals surface area contributed by atoms with Gasteiger partial charge in [0.25, 0.3) is 0 Å². The summed E-state index contributed by atoms with van der Waals surface area (Å²) in [5.74, 6) is -0.182. The summed E-state index contributed by atoms with van der Waals surface area (Å²) in [7, 11) is 0. The number of aromatic amines is 1. The largest absolute Gasteiger partial charge is 0.380 e. The molecule has 1 aromatic carbocycles. The first kappa shape index (κ1) is 13.1. The van der Waals surface area contributed by atoms with E-state index in [1.807, 2.05) is 12.1 Å². The maximum atomic E-state index is 13.4. The number of carbonyl (C=O) groups is 1. The van der Waals surface area contributed by atoms with Crippen LogP contribution in [0.5, 0.6) is 0 Å². The quantitative estimate of drug-likeness (QED) is 0.665. The van der Waals surface area contributed by atoms with Gasteiger partial charge < -0.3 is 10.3 Å². The van der Waals surface area contributed by atoms with Gasteiger partial charge in [0, 0.05) is 44.3 Å². The van der Waals surface area contributed by atoms with Crippen LogP contribution in [0.25, 0.3) is 10.9 Å². The van der Waals surface area contributed by atoms with Crippen LogP contribution < -0.4 is 5.32 Å². The molecule has 0 amide bonds. The third-order valence-electron chi connectivity index (χ3n) is 4.06. The highest BCUT2D eigenvalue weighted by Gasteiger charge is 2.28. The van der Waals surface area contributed by atoms with Crippen molar-refractivity contribution in [2.24, 2.45) is 0 Å². The molecular weight excluding hydrogens is 382 g/mol. The lowest BCUT2D eigenvalue weighted by Gasteiger charge is -2.14. The normalized spacial score (nSPS) is 18.0. The van der Waals surface area contributed by atoms with Gasteiger partial charge >= 0.3 is 0 Å². The second kappa shape index (κ2) is 4.69. The van der Waals surface area contributed by atoms with Crippen molar-refractivity contribution in [3.05, 3.63) is 56.2 Å². The molecule has 1 aliphatic heterocycles. The Morgan fingerprint density at radius 1 is 1.24 bits per heavy atom. The van der Waals surface area contributed by atoms with Gasteiger partial charge in [-0.05, 0) is 53.3 Å². The number of hydrogen-bond acceptors (Lipinski definition) is 2. The Morgan fingerprint density at radius 3 is 2.95 bits per heavy atom. The van der Waals surface area contributed by atoms with E-state index in [2.05, 4.69) is 39.0 Å². The highest BCUT2D eigenvalue weighted by atomic mass is 127. The Balaban J connectivity index is 1.92. The molecular formula is C16H12FIN2O. The molecule has 0 spiro atoms. The minimum absolute atomic E-state index is 0.0139. The average molecular weight is 394 g/mol. The number of aromatic nitrogens is 1. The molecule has 0 radical (unpaired) electrons. The van der Waals surface area contributed by atoms with Crippen LogP contribution in [0.3, 0.4) is 0 Å². The van der Waals surface area contributed by atoms with Crippen LogP contribution in [0.1, 0.15) is 28.9 Å². The summed E-state index contributed by atoms with van der Waals surface area (Å²) in [6.07, 6.45) is 2.21. The predicted molar refractivity (Wildman–Crippen MR) is 87.6 cm³/mol. The molecule has 0 saturated carbocycles. The Labute approximate surface area is 134 Å². The molecule has 0 saturated heterocycles. The number of rotatable bonds is 0. The molecule has 3 nitrogen and oxygen atoms in total. The van der Waals surface area contributed by atoms with Gasteiger partial charge in [0.1, 0.15) is 5.83 Å². The van der Waals surface area contributed by atoms with Crippen LogP contribution in [0.15, 0.2) is 41.4 Å². The third-order valence-corrected chi connectivity index (χ3v) is 4.74. The molecule has 0 bridgehead atoms. The molecule has 2 N–H and O–H groups in total. The number of ketones is 1. The standard InChI is InChI=1S/C16H12FIN2O/c17-8-1-3-10-14(5-8)19-7-12-11-6-9(18)2-4-13(11)20-15(12)16(10)21/h2,4-6,19-20H,1,3,7H2. The Kier molecular flexibility index (Phi) is 2.92. The van der Waals surface area contributed by atoms with Gasteiger partial charge in [-0.15, -0.1) is 0 Å². The zero-order chi connectivity index (χ0) is 14.6. The van der Waals surface area contributed by atoms with Crippen LogP contribution in [0.4, 0.5) is 4.39 Å². The smallest absolute Gasteiger partial charge is 0.207 e. The number of H-pyrrole nitrogens is 1. The Hall–Kier alpha value is -1.63. The van der Waals surface area contributed by atoms with Crippen molar-refractivity contribution in [2.75, 3.05) is 0 Å². The molecule has 106 valence electrons. The number of hydrogen-bond donors (Lipinski definition) is 2. The number of fused-ring (bicyclic) bond motifs is 3. The summed E-state index contributed by atoms with van der Waals surface area (Å²) in [5.41, 5.74) is 3.89. The molecule has 4 rings (SSSR count). The van der Waals surface area contributed by atoms with E-state index in [9.17, 15) is 9.18 Å². The fourth-order valence-electron chi connectivity index (χ4n) is 3.02. The molecule has 21 heavy (non-hydrogen) atoms. The lowest BCUT2D eigenvalue weighted by Crippen LogP contribution is -2.15. The van der Waals surface area contributed by atoms with Gasteiger partial charge in [-0.1, -0.05) is 0 Å². The first-order valence-corrected chi connectivity index (χ1v) is 7.89. The molecule has 2 aromatic rings. The van der Waals surface area contributed by atoms with E-state index < -0.39 is 0 Å². The lowest BCUT2D eigenvalue weighted by atomic mass is 9.96. The summed E-state index contributed by atoms with van der Waals surface area (Å²) < 4.78 is 14.6. The third kappa shape index (κ3) is 2.02. The monoisotopic (exact) mass is 394 g/mol. The van der Waals surface area contributed by atoms with Gasteiger partial charge in [-0.3, -0.25) is 4.79 Å². The van der Waals surface area contributed by atoms with Crippen LogP contribution in [-0.4, -0.2) is 10.8 Å². The van der Waals surface area contributed by atoms with E-state index in [-0.39, 0.29) is 11.6 Å². The SMILES string of the molecule is O=C1C2=C(C=C(F)CC2)NCc2c1[nH]c1ccc(I)cc21. The molecule has 5 heteroatoms. The van der Waals surface area contributed by atoms with Crippen molar-refractivity contribution in [1.82, 2.24) is 10.3 Å². The molecule has 0 fully saturated rings. The first-order chi connectivity index (χ1) is 10.1. The van der Waals surface area contributed by atoms with Crippen molar-refractivity contribution in [3.8, 4) is 0 Å². The zero-order valence-electron chi connectivity index (χ0n) is 11.1. The number of carbonyl (C=O) groups excluding carboxylic acids is 1. The van der Waals surface area contributed by atoms with Crippen molar-refractivity contribution < 1.29 is 9.18 Å². The first-order valence-electron chi connectivity index (χ1n) is 6.81. The van der Waals surface area contributed by atoms with E-state index in [4.69, 9.17) is 0 Å². The number of nitrogens with one attached hydrogen (secondary N) is 2. The number of benzene rings is 1. The number of allylic oxidation sites excluding steroid dienone is 3. The molecule has 0 unspecified atom stereocenters. The van der Waals surface area contributed by atoms with Gasteiger partial charge in [0.05, 0.1) is 5.69 Å². The highest BCUT2D eigenvalue weighted by molar-refractivity contribution is 14.1. The fourth-order valence-corrected chi connectivity index (χ4v) is 3.51. The molecule has 2 aliphatic rings. The van der Waals surface area contributed by atoms with E-state index in [0.29, 0.717) is 36.4 Å². The summed E-state index contributed by atoms with van der Waals surface area (Å²) in [5, 5.41) is 4.28. The van der Waals surface area contributed by atoms with Gasteiger partial charge in [0.15, 0.2) is 0 Å². The zero-order valence-corrected chi connectivity index (χ0v) is 13.3. The molecule has 0 atom stereocenters. The van der Waals surface area contributed by atoms with Gasteiger partial charge in [0.2, 0.25) is 5.78 Å². The Bertz CT molecular complexity index is 847. The highest BCUT2D eigenvalue weighted by Crippen LogP contribution is 2.33. The summed E-state index contributed by atoms with van der Waals surface area (Å²) >= 11 is 2.26. The lowest BCUT2D eigenvalue weighted by molar-refractivity contribution is 0.102. The second-order valence-corrected chi connectivity index (χ2v) is 6.58. The van der Waals surface area contributed by atoms with E-state index in [1.165, 1.54) is 6.08 Å². The van der Waals surface area contributed by atoms with E-state index >= 15 is 0 Å². The van der Waals surface area contributed by atoms with E-state index in [1.54, 1.807) is 0 Å². The number of halogens is 2. The maximum absolute atomic E-state index is 13.4. The van der Waals surface area contributed by atoms with Crippen molar-refractivity contribution in [2.45, 2.75) is 19.4 Å². The summed E-state index contributed by atoms with van der Waals surface area (Å²) in [4.78, 5) is 16.0. The minimum atomic E-state index is -0.168. The topological polar surface area (TPSA) is 44.9 Å².